The molecule has 29 heavy (non-hydrogen) atoms. The third kappa shape index (κ3) is 3.93. The molecule has 3 aromatic carbocycles. The van der Waals surface area contributed by atoms with Gasteiger partial charge in [-0.1, -0.05) is 103 Å². The Labute approximate surface area is 177 Å². The quantitative estimate of drug-likeness (QED) is 0.477. The highest BCUT2D eigenvalue weighted by atomic mass is 32.4. The predicted molar refractivity (Wildman–Crippen MR) is 122 cm³/mol. The Kier molecular flexibility index (Phi) is 5.69. The summed E-state index contributed by atoms with van der Waals surface area (Å²) in [5.41, 5.74) is 0.468. The number of ether oxygens (including phenoxy) is 1. The highest BCUT2D eigenvalue weighted by molar-refractivity contribution is 8.20. The first kappa shape index (κ1) is 20.0. The molecule has 1 fully saturated rings. The van der Waals surface area contributed by atoms with Crippen LogP contribution in [0.25, 0.3) is 0 Å². The van der Waals surface area contributed by atoms with Gasteiger partial charge in [0.1, 0.15) is 6.10 Å². The molecule has 0 aromatic heterocycles. The highest BCUT2D eigenvalue weighted by Crippen LogP contribution is 2.47. The molecule has 2 atom stereocenters. The largest absolute Gasteiger partial charge is 0.460 e. The van der Waals surface area contributed by atoms with Gasteiger partial charge in [0.05, 0.1) is 11.7 Å². The maximum atomic E-state index is 12.0. The molecule has 1 aliphatic rings. The van der Waals surface area contributed by atoms with Crippen molar-refractivity contribution in [2.24, 2.45) is 0 Å². The van der Waals surface area contributed by atoms with Crippen molar-refractivity contribution in [1.82, 2.24) is 5.09 Å². The average molecular weight is 422 g/mol. The number of benzene rings is 3. The van der Waals surface area contributed by atoms with Crippen molar-refractivity contribution in [2.45, 2.75) is 31.4 Å². The standard InChI is InChI=1S/C24H24NO2PS/c1-24(19-11-5-2-6-12-19,22-17-18-23(26)27-22)25-28(29,20-13-7-3-8-14-20)21-15-9-4-10-16-21/h2-16,22H,17-18H2,1H3,(H,25,29)/t22-,24+/m1/s1. The van der Waals surface area contributed by atoms with E-state index < -0.39 is 11.7 Å². The maximum absolute atomic E-state index is 12.0. The van der Waals surface area contributed by atoms with Crippen LogP contribution in [-0.2, 0) is 26.9 Å². The smallest absolute Gasteiger partial charge is 0.306 e. The van der Waals surface area contributed by atoms with E-state index in [1.807, 2.05) is 54.6 Å². The van der Waals surface area contributed by atoms with Gasteiger partial charge in [-0.25, -0.2) is 0 Å². The van der Waals surface area contributed by atoms with Gasteiger partial charge >= 0.3 is 5.97 Å². The molecule has 0 saturated carbocycles. The zero-order valence-electron chi connectivity index (χ0n) is 16.3. The topological polar surface area (TPSA) is 38.3 Å². The van der Waals surface area contributed by atoms with Gasteiger partial charge in [0.15, 0.2) is 0 Å². The molecule has 1 N–H and O–H groups in total. The van der Waals surface area contributed by atoms with Crippen LogP contribution in [0.3, 0.4) is 0 Å². The lowest BCUT2D eigenvalue weighted by atomic mass is 9.86. The first-order valence-electron chi connectivity index (χ1n) is 9.78. The van der Waals surface area contributed by atoms with Crippen LogP contribution in [0.1, 0.15) is 25.3 Å². The maximum Gasteiger partial charge on any atom is 0.306 e. The number of carbonyl (C=O) groups excluding carboxylic acids is 1. The minimum atomic E-state index is -2.39. The molecule has 3 nitrogen and oxygen atoms in total. The van der Waals surface area contributed by atoms with Crippen molar-refractivity contribution in [2.75, 3.05) is 0 Å². The van der Waals surface area contributed by atoms with Gasteiger partial charge in [-0.15, -0.1) is 0 Å². The summed E-state index contributed by atoms with van der Waals surface area (Å²) in [6, 6.07) is 30.6. The van der Waals surface area contributed by atoms with Crippen LogP contribution in [0.15, 0.2) is 91.0 Å². The van der Waals surface area contributed by atoms with Gasteiger partial charge in [0.2, 0.25) is 0 Å². The molecule has 0 unspecified atom stereocenters. The Morgan fingerprint density at radius 1 is 0.897 bits per heavy atom. The molecule has 1 aliphatic heterocycles. The fourth-order valence-electron chi connectivity index (χ4n) is 3.92. The van der Waals surface area contributed by atoms with Crippen molar-refractivity contribution in [3.63, 3.8) is 0 Å². The second-order valence-corrected chi connectivity index (χ2v) is 11.6. The number of hydrogen-bond acceptors (Lipinski definition) is 3. The van der Waals surface area contributed by atoms with Gasteiger partial charge in [-0.2, -0.15) is 0 Å². The molecule has 0 spiro atoms. The van der Waals surface area contributed by atoms with Crippen LogP contribution in [0.2, 0.25) is 0 Å². The molecule has 5 heteroatoms. The van der Waals surface area contributed by atoms with Gasteiger partial charge in [-0.3, -0.25) is 9.88 Å². The van der Waals surface area contributed by atoms with Crippen LogP contribution in [0.5, 0.6) is 0 Å². The SMILES string of the molecule is C[C@](NP(=S)(c1ccccc1)c1ccccc1)(c1ccccc1)[C@H]1CCC(=O)O1. The van der Waals surface area contributed by atoms with Crippen LogP contribution in [-0.4, -0.2) is 12.1 Å². The molecule has 1 heterocycles. The average Bonchev–Trinajstić information content (AvgIpc) is 3.22. The third-order valence-corrected chi connectivity index (χ3v) is 9.90. The molecular formula is C24H24NO2PS. The fraction of sp³-hybridized carbons (Fsp3) is 0.208. The van der Waals surface area contributed by atoms with Gasteiger partial charge in [0, 0.05) is 17.0 Å². The second-order valence-electron chi connectivity index (χ2n) is 7.48. The van der Waals surface area contributed by atoms with E-state index in [1.165, 1.54) is 0 Å². The van der Waals surface area contributed by atoms with E-state index >= 15 is 0 Å². The zero-order chi connectivity index (χ0) is 20.3. The lowest BCUT2D eigenvalue weighted by Crippen LogP contribution is -2.50. The number of rotatable bonds is 6. The Balaban J connectivity index is 1.86. The Bertz CT molecular complexity index is 983. The van der Waals surface area contributed by atoms with Crippen LogP contribution >= 0.6 is 6.19 Å². The van der Waals surface area contributed by atoms with E-state index in [0.29, 0.717) is 12.8 Å². The first-order chi connectivity index (χ1) is 14.0. The van der Waals surface area contributed by atoms with Gasteiger partial charge < -0.3 is 4.74 Å². The van der Waals surface area contributed by atoms with E-state index in [4.69, 9.17) is 16.5 Å². The summed E-state index contributed by atoms with van der Waals surface area (Å²) in [5.74, 6) is -0.147. The molecule has 0 aliphatic carbocycles. The summed E-state index contributed by atoms with van der Waals surface area (Å²) >= 11 is 6.41. The Morgan fingerprint density at radius 3 is 1.83 bits per heavy atom. The lowest BCUT2D eigenvalue weighted by molar-refractivity contribution is -0.144. The normalized spacial score (nSPS) is 18.8. The van der Waals surface area contributed by atoms with Crippen molar-refractivity contribution in [3.8, 4) is 0 Å². The second kappa shape index (κ2) is 8.23. The summed E-state index contributed by atoms with van der Waals surface area (Å²) in [6.07, 6.45) is -1.55. The Morgan fingerprint density at radius 2 is 1.38 bits per heavy atom. The fourth-order valence-corrected chi connectivity index (χ4v) is 7.89. The molecule has 0 amide bonds. The van der Waals surface area contributed by atoms with Crippen LogP contribution in [0, 0.1) is 0 Å². The van der Waals surface area contributed by atoms with E-state index in [0.717, 1.165) is 16.2 Å². The Hall–Kier alpha value is -2.26. The van der Waals surface area contributed by atoms with Gasteiger partial charge in [-0.05, 0) is 18.9 Å². The van der Waals surface area contributed by atoms with Crippen molar-refractivity contribution >= 4 is 34.6 Å². The van der Waals surface area contributed by atoms with Crippen LogP contribution in [0.4, 0.5) is 0 Å². The van der Waals surface area contributed by atoms with Crippen molar-refractivity contribution < 1.29 is 9.53 Å². The predicted octanol–water partition coefficient (Wildman–Crippen LogP) is 4.24. The lowest BCUT2D eigenvalue weighted by Gasteiger charge is -2.41. The molecule has 148 valence electrons. The van der Waals surface area contributed by atoms with Gasteiger partial charge in [0.25, 0.3) is 0 Å². The minimum absolute atomic E-state index is 0.147. The number of hydrogen-bond donors (Lipinski definition) is 1. The molecule has 4 rings (SSSR count). The van der Waals surface area contributed by atoms with Crippen molar-refractivity contribution in [1.29, 1.82) is 0 Å². The number of carbonyl (C=O) groups is 1. The van der Waals surface area contributed by atoms with Crippen molar-refractivity contribution in [3.05, 3.63) is 96.6 Å². The van der Waals surface area contributed by atoms with E-state index in [-0.39, 0.29) is 12.1 Å². The highest BCUT2D eigenvalue weighted by Gasteiger charge is 2.45. The number of cyclic esters (lactones) is 1. The van der Waals surface area contributed by atoms with E-state index in [2.05, 4.69) is 48.4 Å². The number of nitrogens with one attached hydrogen (secondary N) is 1. The summed E-state index contributed by atoms with van der Waals surface area (Å²) < 4.78 is 5.77. The summed E-state index contributed by atoms with van der Waals surface area (Å²) in [7, 11) is 0. The third-order valence-electron chi connectivity index (χ3n) is 5.53. The summed E-state index contributed by atoms with van der Waals surface area (Å²) in [6.45, 7) is 2.11. The number of esters is 1. The van der Waals surface area contributed by atoms with Crippen LogP contribution < -0.4 is 15.7 Å². The molecule has 0 bridgehead atoms. The summed E-state index contributed by atoms with van der Waals surface area (Å²) in [5, 5.41) is 6.05. The molecule has 1 saturated heterocycles. The van der Waals surface area contributed by atoms with E-state index in [9.17, 15) is 4.79 Å². The summed E-state index contributed by atoms with van der Waals surface area (Å²) in [4.78, 5) is 12.0. The van der Waals surface area contributed by atoms with E-state index in [1.54, 1.807) is 0 Å². The molecule has 3 aromatic rings. The zero-order valence-corrected chi connectivity index (χ0v) is 18.0. The monoisotopic (exact) mass is 421 g/mol. The first-order valence-corrected chi connectivity index (χ1v) is 12.6. The molecular weight excluding hydrogens is 397 g/mol. The molecule has 0 radical (unpaired) electrons. The minimum Gasteiger partial charge on any atom is -0.460 e.